The molecule has 22 heavy (non-hydrogen) atoms. The van der Waals surface area contributed by atoms with Crippen LogP contribution in [0.4, 0.5) is 13.2 Å². The molecule has 0 radical (unpaired) electrons. The van der Waals surface area contributed by atoms with Crippen LogP contribution in [0.1, 0.15) is 31.2 Å². The zero-order valence-electron chi connectivity index (χ0n) is 12.2. The van der Waals surface area contributed by atoms with E-state index in [2.05, 4.69) is 15.0 Å². The highest BCUT2D eigenvalue weighted by Gasteiger charge is 2.30. The summed E-state index contributed by atoms with van der Waals surface area (Å²) in [5, 5.41) is 3.05. The lowest BCUT2D eigenvalue weighted by Gasteiger charge is -2.25. The summed E-state index contributed by atoms with van der Waals surface area (Å²) in [6.07, 6.45) is 0.340. The van der Waals surface area contributed by atoms with Gasteiger partial charge in [-0.15, -0.1) is 13.2 Å². The number of halogens is 3. The van der Waals surface area contributed by atoms with E-state index in [-0.39, 0.29) is 5.75 Å². The molecule has 1 saturated carbocycles. The molecule has 1 aromatic carbocycles. The molecule has 1 aliphatic rings. The molecule has 0 bridgehead atoms. The van der Waals surface area contributed by atoms with Crippen molar-refractivity contribution >= 4 is 5.96 Å². The molecule has 0 atom stereocenters. The summed E-state index contributed by atoms with van der Waals surface area (Å²) in [5.74, 6) is 0.920. The van der Waals surface area contributed by atoms with Gasteiger partial charge in [0.2, 0.25) is 0 Å². The van der Waals surface area contributed by atoms with Crippen molar-refractivity contribution < 1.29 is 17.9 Å². The van der Waals surface area contributed by atoms with E-state index in [0.29, 0.717) is 12.5 Å². The fraction of sp³-hybridized carbons (Fsp3) is 0.533. The molecule has 7 heteroatoms. The van der Waals surface area contributed by atoms with E-state index in [1.807, 2.05) is 0 Å². The van der Waals surface area contributed by atoms with Crippen LogP contribution in [0, 0.1) is 5.92 Å². The number of nitrogens with two attached hydrogens (primary N) is 1. The van der Waals surface area contributed by atoms with Crippen LogP contribution in [0.15, 0.2) is 29.3 Å². The predicted molar refractivity (Wildman–Crippen MR) is 78.4 cm³/mol. The van der Waals surface area contributed by atoms with Crippen LogP contribution >= 0.6 is 0 Å². The van der Waals surface area contributed by atoms with Crippen molar-refractivity contribution in [1.29, 1.82) is 0 Å². The predicted octanol–water partition coefficient (Wildman–Crippen LogP) is 3.18. The number of hydrogen-bond donors (Lipinski definition) is 2. The number of aliphatic imine (C=N–C) groups is 1. The van der Waals surface area contributed by atoms with Crippen LogP contribution in [0.25, 0.3) is 0 Å². The van der Waals surface area contributed by atoms with Crippen LogP contribution in [0.5, 0.6) is 5.75 Å². The Morgan fingerprint density at radius 2 is 1.95 bits per heavy atom. The molecular weight excluding hydrogens is 295 g/mol. The molecule has 0 saturated heterocycles. The Labute approximate surface area is 127 Å². The molecule has 0 aromatic heterocycles. The summed E-state index contributed by atoms with van der Waals surface area (Å²) >= 11 is 0. The molecule has 0 aliphatic heterocycles. The number of nitrogens with zero attached hydrogens (tertiary/aromatic N) is 1. The molecule has 0 spiro atoms. The third-order valence-electron chi connectivity index (χ3n) is 3.67. The number of ether oxygens (including phenoxy) is 1. The van der Waals surface area contributed by atoms with Crippen molar-refractivity contribution in [2.75, 3.05) is 6.54 Å². The van der Waals surface area contributed by atoms with Crippen molar-refractivity contribution in [2.24, 2.45) is 16.6 Å². The summed E-state index contributed by atoms with van der Waals surface area (Å²) in [5.41, 5.74) is 6.51. The highest BCUT2D eigenvalue weighted by molar-refractivity contribution is 5.77. The molecule has 2 rings (SSSR count). The number of hydrogen-bond acceptors (Lipinski definition) is 2. The second-order valence-electron chi connectivity index (χ2n) is 5.41. The second-order valence-corrected chi connectivity index (χ2v) is 5.41. The van der Waals surface area contributed by atoms with Gasteiger partial charge in [0.25, 0.3) is 0 Å². The number of alkyl halides is 3. The average molecular weight is 315 g/mol. The minimum Gasteiger partial charge on any atom is -0.406 e. The maximum Gasteiger partial charge on any atom is 0.573 e. The molecule has 1 aromatic rings. The first-order chi connectivity index (χ1) is 10.4. The molecule has 1 fully saturated rings. The standard InChI is InChI=1S/C15H20F3N3O/c16-15(17,18)22-13-6-4-12(5-7-13)10-21-14(19)20-9-8-11-2-1-3-11/h4-7,11H,1-3,8-10H2,(H3,19,20,21). The lowest BCUT2D eigenvalue weighted by Crippen LogP contribution is -2.33. The van der Waals surface area contributed by atoms with E-state index < -0.39 is 6.36 Å². The lowest BCUT2D eigenvalue weighted by molar-refractivity contribution is -0.274. The molecule has 0 heterocycles. The minimum absolute atomic E-state index is 0.244. The third-order valence-corrected chi connectivity index (χ3v) is 3.67. The third kappa shape index (κ3) is 5.83. The van der Waals surface area contributed by atoms with Crippen molar-refractivity contribution in [1.82, 2.24) is 5.32 Å². The van der Waals surface area contributed by atoms with E-state index in [4.69, 9.17) is 5.73 Å². The summed E-state index contributed by atoms with van der Waals surface area (Å²) in [4.78, 5) is 4.16. The SMILES string of the molecule is NC(=NCc1ccc(OC(F)(F)F)cc1)NCCC1CCC1. The Balaban J connectivity index is 1.73. The zero-order valence-corrected chi connectivity index (χ0v) is 12.2. The number of guanidine groups is 1. The Bertz CT molecular complexity index is 496. The number of benzene rings is 1. The molecule has 0 unspecified atom stereocenters. The van der Waals surface area contributed by atoms with E-state index in [9.17, 15) is 13.2 Å². The molecule has 4 nitrogen and oxygen atoms in total. The average Bonchev–Trinajstić information content (AvgIpc) is 2.39. The van der Waals surface area contributed by atoms with E-state index in [1.54, 1.807) is 0 Å². The van der Waals surface area contributed by atoms with Gasteiger partial charge in [0.05, 0.1) is 6.54 Å². The Morgan fingerprint density at radius 3 is 2.50 bits per heavy atom. The van der Waals surface area contributed by atoms with Crippen molar-refractivity contribution in [3.05, 3.63) is 29.8 Å². The Morgan fingerprint density at radius 1 is 1.27 bits per heavy atom. The van der Waals surface area contributed by atoms with Gasteiger partial charge in [0.15, 0.2) is 5.96 Å². The largest absolute Gasteiger partial charge is 0.573 e. The van der Waals surface area contributed by atoms with Crippen molar-refractivity contribution in [2.45, 2.75) is 38.6 Å². The van der Waals surface area contributed by atoms with Gasteiger partial charge in [0, 0.05) is 6.54 Å². The summed E-state index contributed by atoms with van der Waals surface area (Å²) in [6, 6.07) is 5.59. The van der Waals surface area contributed by atoms with Crippen LogP contribution in [-0.4, -0.2) is 18.9 Å². The topological polar surface area (TPSA) is 59.6 Å². The maximum absolute atomic E-state index is 12.0. The molecule has 1 aliphatic carbocycles. The highest BCUT2D eigenvalue weighted by Crippen LogP contribution is 2.28. The van der Waals surface area contributed by atoms with Crippen LogP contribution in [0.3, 0.4) is 0 Å². The van der Waals surface area contributed by atoms with E-state index >= 15 is 0 Å². The quantitative estimate of drug-likeness (QED) is 0.626. The number of rotatable bonds is 6. The normalized spacial score (nSPS) is 16.2. The number of nitrogens with one attached hydrogen (secondary N) is 1. The second kappa shape index (κ2) is 7.38. The van der Waals surface area contributed by atoms with Gasteiger partial charge in [0.1, 0.15) is 5.75 Å². The molecule has 0 amide bonds. The van der Waals surface area contributed by atoms with Crippen molar-refractivity contribution in [3.63, 3.8) is 0 Å². The summed E-state index contributed by atoms with van der Waals surface area (Å²) < 4.78 is 39.9. The first-order valence-corrected chi connectivity index (χ1v) is 7.31. The first-order valence-electron chi connectivity index (χ1n) is 7.31. The van der Waals surface area contributed by atoms with Gasteiger partial charge in [-0.25, -0.2) is 4.99 Å². The first kappa shape index (κ1) is 16.5. The van der Waals surface area contributed by atoms with Gasteiger partial charge in [-0.3, -0.25) is 0 Å². The lowest BCUT2D eigenvalue weighted by atomic mass is 9.83. The smallest absolute Gasteiger partial charge is 0.406 e. The Hall–Kier alpha value is -1.92. The van der Waals surface area contributed by atoms with Crippen LogP contribution < -0.4 is 15.8 Å². The van der Waals surface area contributed by atoms with Crippen LogP contribution in [-0.2, 0) is 6.54 Å². The van der Waals surface area contributed by atoms with Gasteiger partial charge in [-0.05, 0) is 30.0 Å². The van der Waals surface area contributed by atoms with Gasteiger partial charge in [-0.1, -0.05) is 31.4 Å². The van der Waals surface area contributed by atoms with E-state index in [0.717, 1.165) is 24.4 Å². The summed E-state index contributed by atoms with van der Waals surface area (Å²) in [6.45, 7) is 1.12. The zero-order chi connectivity index (χ0) is 16.0. The highest BCUT2D eigenvalue weighted by atomic mass is 19.4. The van der Waals surface area contributed by atoms with E-state index in [1.165, 1.54) is 43.5 Å². The summed E-state index contributed by atoms with van der Waals surface area (Å²) in [7, 11) is 0. The minimum atomic E-state index is -4.67. The van der Waals surface area contributed by atoms with Crippen molar-refractivity contribution in [3.8, 4) is 5.75 Å². The van der Waals surface area contributed by atoms with Gasteiger partial charge < -0.3 is 15.8 Å². The molecule has 122 valence electrons. The van der Waals surface area contributed by atoms with Gasteiger partial charge >= 0.3 is 6.36 Å². The van der Waals surface area contributed by atoms with Crippen LogP contribution in [0.2, 0.25) is 0 Å². The Kier molecular flexibility index (Phi) is 5.51. The molecular formula is C15H20F3N3O. The molecule has 3 N–H and O–H groups in total. The fourth-order valence-electron chi connectivity index (χ4n) is 2.21. The fourth-order valence-corrected chi connectivity index (χ4v) is 2.21. The monoisotopic (exact) mass is 315 g/mol. The maximum atomic E-state index is 12.0. The van der Waals surface area contributed by atoms with Gasteiger partial charge in [-0.2, -0.15) is 0 Å².